The molecule has 0 radical (unpaired) electrons. The minimum atomic E-state index is -0.399. The van der Waals surface area contributed by atoms with E-state index in [1.807, 2.05) is 18.2 Å². The van der Waals surface area contributed by atoms with Crippen molar-refractivity contribution in [3.05, 3.63) is 60.4 Å². The molecule has 2 unspecified atom stereocenters. The summed E-state index contributed by atoms with van der Waals surface area (Å²) in [7, 11) is 0. The molecule has 0 saturated heterocycles. The van der Waals surface area contributed by atoms with Gasteiger partial charge in [-0.3, -0.25) is 9.59 Å². The topological polar surface area (TPSA) is 96.2 Å². The average molecular weight is 391 g/mol. The summed E-state index contributed by atoms with van der Waals surface area (Å²) in [5.41, 5.74) is 8.40. The fourth-order valence-electron chi connectivity index (χ4n) is 2.46. The standard InChI is InChI=1S/C20H30N4O2S/c1-14(11-17-7-5-4-6-8-17)24-15(2)12-23-19(25)13-22-16(3)18(21)9-10-20(26)27/h4-8,14,18,22,24H,2-3,9-13,21H2,1H3,(H,23,25)(H,26,27). The lowest BCUT2D eigenvalue weighted by atomic mass is 10.1. The van der Waals surface area contributed by atoms with Gasteiger partial charge in [0.25, 0.3) is 0 Å². The van der Waals surface area contributed by atoms with Gasteiger partial charge >= 0.3 is 0 Å². The Bertz CT molecular complexity index is 649. The fraction of sp³-hybridized carbons (Fsp3) is 0.400. The summed E-state index contributed by atoms with van der Waals surface area (Å²) in [6, 6.07) is 9.99. The number of carbonyl (C=O) groups excluding carboxylic acids is 2. The first-order valence-corrected chi connectivity index (χ1v) is 9.37. The number of nitrogens with two attached hydrogens (primary N) is 1. The number of carbonyl (C=O) groups is 2. The van der Waals surface area contributed by atoms with Gasteiger partial charge in [0.15, 0.2) is 5.12 Å². The lowest BCUT2D eigenvalue weighted by Crippen LogP contribution is -2.40. The van der Waals surface area contributed by atoms with Gasteiger partial charge in [-0.05, 0) is 25.3 Å². The van der Waals surface area contributed by atoms with Crippen molar-refractivity contribution in [1.29, 1.82) is 0 Å². The van der Waals surface area contributed by atoms with Gasteiger partial charge in [-0.1, -0.05) is 43.5 Å². The van der Waals surface area contributed by atoms with Gasteiger partial charge in [-0.2, -0.15) is 0 Å². The number of benzene rings is 1. The molecule has 1 rings (SSSR count). The maximum atomic E-state index is 11.9. The predicted molar refractivity (Wildman–Crippen MR) is 113 cm³/mol. The van der Waals surface area contributed by atoms with Crippen LogP contribution in [0.5, 0.6) is 0 Å². The largest absolute Gasteiger partial charge is 0.385 e. The van der Waals surface area contributed by atoms with Crippen molar-refractivity contribution in [3.8, 4) is 0 Å². The van der Waals surface area contributed by atoms with Crippen LogP contribution in [0.15, 0.2) is 54.9 Å². The second kappa shape index (κ2) is 12.2. The van der Waals surface area contributed by atoms with Crippen LogP contribution >= 0.6 is 12.6 Å². The highest BCUT2D eigenvalue weighted by molar-refractivity contribution is 7.96. The van der Waals surface area contributed by atoms with Gasteiger partial charge in [0.05, 0.1) is 13.1 Å². The molecule has 2 atom stereocenters. The Morgan fingerprint density at radius 3 is 2.44 bits per heavy atom. The molecule has 0 saturated carbocycles. The third-order valence-electron chi connectivity index (χ3n) is 3.93. The highest BCUT2D eigenvalue weighted by atomic mass is 32.1. The number of rotatable bonds is 13. The van der Waals surface area contributed by atoms with E-state index in [1.54, 1.807) is 0 Å². The quantitative estimate of drug-likeness (QED) is 0.329. The minimum absolute atomic E-state index is 0.0637. The molecule has 0 aliphatic heterocycles. The van der Waals surface area contributed by atoms with E-state index in [9.17, 15) is 9.59 Å². The lowest BCUT2D eigenvalue weighted by Gasteiger charge is -2.18. The number of amides is 1. The zero-order valence-corrected chi connectivity index (χ0v) is 16.7. The first-order chi connectivity index (χ1) is 12.8. The zero-order chi connectivity index (χ0) is 20.2. The smallest absolute Gasteiger partial charge is 0.239 e. The van der Waals surface area contributed by atoms with Gasteiger partial charge in [0.2, 0.25) is 5.91 Å². The fourth-order valence-corrected chi connectivity index (χ4v) is 2.59. The second-order valence-electron chi connectivity index (χ2n) is 6.53. The molecule has 0 spiro atoms. The summed E-state index contributed by atoms with van der Waals surface area (Å²) >= 11 is 3.70. The van der Waals surface area contributed by atoms with Crippen LogP contribution in [0.3, 0.4) is 0 Å². The van der Waals surface area contributed by atoms with Crippen LogP contribution in [-0.4, -0.2) is 36.2 Å². The van der Waals surface area contributed by atoms with E-state index >= 15 is 0 Å². The Morgan fingerprint density at radius 1 is 1.15 bits per heavy atom. The summed E-state index contributed by atoms with van der Waals surface area (Å²) in [5, 5.41) is 8.74. The predicted octanol–water partition coefficient (Wildman–Crippen LogP) is 1.50. The second-order valence-corrected chi connectivity index (χ2v) is 7.03. The van der Waals surface area contributed by atoms with Crippen molar-refractivity contribution in [2.75, 3.05) is 13.1 Å². The number of hydrogen-bond acceptors (Lipinski definition) is 5. The SMILES string of the molecule is C=C(CNC(=O)CNC(=C)C(N)CCC(=O)S)NC(C)Cc1ccccc1. The summed E-state index contributed by atoms with van der Waals surface area (Å²) in [6.45, 7) is 10.2. The molecule has 0 aromatic heterocycles. The van der Waals surface area contributed by atoms with E-state index < -0.39 is 6.04 Å². The summed E-state index contributed by atoms with van der Waals surface area (Å²) in [6.07, 6.45) is 1.58. The van der Waals surface area contributed by atoms with E-state index in [4.69, 9.17) is 5.73 Å². The Labute approximate surface area is 167 Å². The van der Waals surface area contributed by atoms with E-state index in [0.717, 1.165) is 12.1 Å². The van der Waals surface area contributed by atoms with Crippen LogP contribution in [0.1, 0.15) is 25.3 Å². The third-order valence-corrected chi connectivity index (χ3v) is 4.15. The average Bonchev–Trinajstić information content (AvgIpc) is 2.63. The summed E-state index contributed by atoms with van der Waals surface area (Å²) < 4.78 is 0. The minimum Gasteiger partial charge on any atom is -0.385 e. The molecular formula is C20H30N4O2S. The van der Waals surface area contributed by atoms with Crippen molar-refractivity contribution in [2.24, 2.45) is 5.73 Å². The molecule has 5 N–H and O–H groups in total. The normalized spacial score (nSPS) is 12.6. The maximum absolute atomic E-state index is 11.9. The highest BCUT2D eigenvalue weighted by Gasteiger charge is 2.10. The van der Waals surface area contributed by atoms with Crippen LogP contribution in [0.25, 0.3) is 0 Å². The van der Waals surface area contributed by atoms with Crippen molar-refractivity contribution in [2.45, 2.75) is 38.3 Å². The molecule has 0 aliphatic carbocycles. The molecule has 1 aromatic carbocycles. The zero-order valence-electron chi connectivity index (χ0n) is 15.8. The Morgan fingerprint density at radius 2 is 1.81 bits per heavy atom. The molecule has 7 heteroatoms. The molecule has 6 nitrogen and oxygen atoms in total. The van der Waals surface area contributed by atoms with Crippen LogP contribution in [0, 0.1) is 0 Å². The monoisotopic (exact) mass is 390 g/mol. The van der Waals surface area contributed by atoms with Crippen molar-refractivity contribution in [3.63, 3.8) is 0 Å². The van der Waals surface area contributed by atoms with E-state index in [2.05, 4.69) is 60.8 Å². The molecule has 1 aromatic rings. The molecule has 0 bridgehead atoms. The van der Waals surface area contributed by atoms with Gasteiger partial charge in [-0.25, -0.2) is 0 Å². The molecule has 0 aliphatic rings. The van der Waals surface area contributed by atoms with Crippen LogP contribution in [0.2, 0.25) is 0 Å². The van der Waals surface area contributed by atoms with Crippen molar-refractivity contribution >= 4 is 23.7 Å². The molecule has 1 amide bonds. The first-order valence-electron chi connectivity index (χ1n) is 8.93. The number of hydrogen-bond donors (Lipinski definition) is 5. The Kier molecular flexibility index (Phi) is 10.3. The van der Waals surface area contributed by atoms with Gasteiger partial charge < -0.3 is 21.7 Å². The van der Waals surface area contributed by atoms with E-state index in [1.165, 1.54) is 5.56 Å². The Hall–Kier alpha value is -2.25. The van der Waals surface area contributed by atoms with Crippen LogP contribution in [0.4, 0.5) is 0 Å². The van der Waals surface area contributed by atoms with Crippen molar-refractivity contribution < 1.29 is 9.59 Å². The van der Waals surface area contributed by atoms with Gasteiger partial charge in [-0.15, -0.1) is 12.6 Å². The van der Waals surface area contributed by atoms with Gasteiger partial charge in [0.1, 0.15) is 0 Å². The highest BCUT2D eigenvalue weighted by Crippen LogP contribution is 2.04. The van der Waals surface area contributed by atoms with E-state index in [-0.39, 0.29) is 30.0 Å². The maximum Gasteiger partial charge on any atom is 0.239 e. The van der Waals surface area contributed by atoms with Gasteiger partial charge in [0, 0.05) is 29.9 Å². The number of nitrogens with one attached hydrogen (secondary N) is 3. The molecule has 0 fully saturated rings. The summed E-state index contributed by atoms with van der Waals surface area (Å²) in [5.74, 6) is -0.188. The van der Waals surface area contributed by atoms with Crippen molar-refractivity contribution in [1.82, 2.24) is 16.0 Å². The third kappa shape index (κ3) is 10.5. The molecule has 148 valence electrons. The molecule has 27 heavy (non-hydrogen) atoms. The Balaban J connectivity index is 2.22. The molecule has 0 heterocycles. The van der Waals surface area contributed by atoms with Crippen LogP contribution < -0.4 is 21.7 Å². The first kappa shape index (κ1) is 22.8. The summed E-state index contributed by atoms with van der Waals surface area (Å²) in [4.78, 5) is 22.8. The van der Waals surface area contributed by atoms with Crippen LogP contribution in [-0.2, 0) is 16.0 Å². The lowest BCUT2D eigenvalue weighted by molar-refractivity contribution is -0.120. The van der Waals surface area contributed by atoms with E-state index in [0.29, 0.717) is 18.7 Å². The molecular weight excluding hydrogens is 360 g/mol. The number of thiol groups is 1.